The van der Waals surface area contributed by atoms with Gasteiger partial charge in [0, 0.05) is 19.5 Å². The number of hydrogen-bond donors (Lipinski definition) is 2. The Hall–Kier alpha value is -2.87. The van der Waals surface area contributed by atoms with Gasteiger partial charge in [0.05, 0.1) is 5.02 Å². The second kappa shape index (κ2) is 10.9. The van der Waals surface area contributed by atoms with Crippen LogP contribution < -0.4 is 14.8 Å². The third-order valence-corrected chi connectivity index (χ3v) is 6.36. The minimum Gasteiger partial charge on any atom is -0.489 e. The van der Waals surface area contributed by atoms with Crippen molar-refractivity contribution in [1.29, 1.82) is 0 Å². The van der Waals surface area contributed by atoms with Crippen molar-refractivity contribution in [1.82, 2.24) is 10.0 Å². The Morgan fingerprint density at radius 2 is 1.61 bits per heavy atom. The van der Waals surface area contributed by atoms with Crippen molar-refractivity contribution in [2.24, 2.45) is 0 Å². The highest BCUT2D eigenvalue weighted by atomic mass is 35.5. The van der Waals surface area contributed by atoms with Gasteiger partial charge in [0.15, 0.2) is 0 Å². The summed E-state index contributed by atoms with van der Waals surface area (Å²) in [6, 6.07) is 23.4. The van der Waals surface area contributed by atoms with Gasteiger partial charge in [-0.2, -0.15) is 0 Å². The monoisotopic (exact) mass is 458 g/mol. The zero-order valence-corrected chi connectivity index (χ0v) is 18.3. The molecule has 0 bridgehead atoms. The molecule has 0 saturated heterocycles. The summed E-state index contributed by atoms with van der Waals surface area (Å²) in [6.07, 6.45) is 0.0144. The lowest BCUT2D eigenvalue weighted by Crippen LogP contribution is -2.30. The molecule has 0 unspecified atom stereocenters. The van der Waals surface area contributed by atoms with E-state index < -0.39 is 10.0 Å². The molecule has 6 nitrogen and oxygen atoms in total. The van der Waals surface area contributed by atoms with Crippen LogP contribution in [-0.4, -0.2) is 20.9 Å². The summed E-state index contributed by atoms with van der Waals surface area (Å²) in [6.45, 7) is 0.745. The maximum absolute atomic E-state index is 12.3. The lowest BCUT2D eigenvalue weighted by atomic mass is 10.1. The maximum Gasteiger partial charge on any atom is 0.242 e. The molecule has 31 heavy (non-hydrogen) atoms. The van der Waals surface area contributed by atoms with Crippen molar-refractivity contribution in [3.8, 4) is 5.75 Å². The van der Waals surface area contributed by atoms with Crippen molar-refractivity contribution < 1.29 is 17.9 Å². The second-order valence-corrected chi connectivity index (χ2v) is 8.92. The van der Waals surface area contributed by atoms with Crippen molar-refractivity contribution in [2.45, 2.75) is 24.5 Å². The zero-order valence-electron chi connectivity index (χ0n) is 16.8. The summed E-state index contributed by atoms with van der Waals surface area (Å²) in [4.78, 5) is 12.1. The summed E-state index contributed by atoms with van der Waals surface area (Å²) in [5, 5.41) is 2.93. The highest BCUT2D eigenvalue weighted by molar-refractivity contribution is 7.89. The number of carbonyl (C=O) groups excluding carboxylic acids is 1. The summed E-state index contributed by atoms with van der Waals surface area (Å²) >= 11 is 5.93. The molecule has 0 aromatic heterocycles. The number of nitrogens with one attached hydrogen (secondary N) is 2. The third-order valence-electron chi connectivity index (χ3n) is 4.40. The van der Waals surface area contributed by atoms with Crippen molar-refractivity contribution in [3.05, 3.63) is 95.0 Å². The Kier molecular flexibility index (Phi) is 8.06. The van der Waals surface area contributed by atoms with Crippen molar-refractivity contribution in [2.75, 3.05) is 6.54 Å². The largest absolute Gasteiger partial charge is 0.489 e. The summed E-state index contributed by atoms with van der Waals surface area (Å²) < 4.78 is 32.7. The van der Waals surface area contributed by atoms with E-state index in [2.05, 4.69) is 10.0 Å². The number of ether oxygens (including phenoxy) is 1. The number of benzene rings is 3. The van der Waals surface area contributed by atoms with Gasteiger partial charge in [0.2, 0.25) is 15.9 Å². The fraction of sp³-hybridized carbons (Fsp3) is 0.174. The Morgan fingerprint density at radius 3 is 2.39 bits per heavy atom. The lowest BCUT2D eigenvalue weighted by Gasteiger charge is -2.10. The molecule has 0 aliphatic rings. The van der Waals surface area contributed by atoms with Crippen LogP contribution in [0.5, 0.6) is 5.75 Å². The van der Waals surface area contributed by atoms with Gasteiger partial charge in [-0.15, -0.1) is 0 Å². The highest BCUT2D eigenvalue weighted by Crippen LogP contribution is 2.20. The Labute approximate surface area is 187 Å². The summed E-state index contributed by atoms with van der Waals surface area (Å²) in [5.41, 5.74) is 1.92. The second-order valence-electron chi connectivity index (χ2n) is 6.78. The predicted octanol–water partition coefficient (Wildman–Crippen LogP) is 3.90. The fourth-order valence-corrected chi connectivity index (χ4v) is 4.39. The zero-order chi connectivity index (χ0) is 22.1. The van der Waals surface area contributed by atoms with E-state index in [0.29, 0.717) is 13.2 Å². The molecule has 0 fully saturated rings. The molecule has 8 heteroatoms. The molecule has 0 radical (unpaired) electrons. The van der Waals surface area contributed by atoms with Crippen LogP contribution in [0.3, 0.4) is 0 Å². The van der Waals surface area contributed by atoms with E-state index >= 15 is 0 Å². The number of rotatable bonds is 10. The average molecular weight is 459 g/mol. The van der Waals surface area contributed by atoms with Crippen LogP contribution in [-0.2, 0) is 28.0 Å². The third kappa shape index (κ3) is 7.10. The Bertz CT molecular complexity index is 1120. The number of halogens is 1. The smallest absolute Gasteiger partial charge is 0.242 e. The molecule has 0 aliphatic carbocycles. The number of amides is 1. The Morgan fingerprint density at radius 1 is 0.903 bits per heavy atom. The van der Waals surface area contributed by atoms with Crippen LogP contribution >= 0.6 is 11.6 Å². The molecule has 0 aliphatic heterocycles. The fourth-order valence-electron chi connectivity index (χ4n) is 2.84. The van der Waals surface area contributed by atoms with Gasteiger partial charge in [-0.25, -0.2) is 13.1 Å². The molecule has 162 valence electrons. The van der Waals surface area contributed by atoms with Gasteiger partial charge in [-0.3, -0.25) is 4.79 Å². The maximum atomic E-state index is 12.3. The van der Waals surface area contributed by atoms with Crippen LogP contribution in [0.15, 0.2) is 83.8 Å². The number of para-hydroxylation sites is 1. The van der Waals surface area contributed by atoms with Gasteiger partial charge < -0.3 is 10.1 Å². The standard InChI is InChI=1S/C23H23ClN2O4S/c24-21-11-4-5-12-22(21)31(28,29)26-14-13-23(27)25-16-18-7-6-8-19(15-18)17-30-20-9-2-1-3-10-20/h1-12,15,26H,13-14,16-17H2,(H,25,27). The predicted molar refractivity (Wildman–Crippen MR) is 120 cm³/mol. The van der Waals surface area contributed by atoms with E-state index in [0.717, 1.165) is 16.9 Å². The molecule has 3 rings (SSSR count). The number of sulfonamides is 1. The first kappa shape index (κ1) is 22.8. The molecule has 3 aromatic carbocycles. The van der Waals surface area contributed by atoms with Gasteiger partial charge in [0.1, 0.15) is 17.3 Å². The normalized spacial score (nSPS) is 11.1. The molecule has 2 N–H and O–H groups in total. The first-order valence-corrected chi connectivity index (χ1v) is 11.6. The number of hydrogen-bond acceptors (Lipinski definition) is 4. The van der Waals surface area contributed by atoms with Crippen LogP contribution in [0.25, 0.3) is 0 Å². The first-order valence-electron chi connectivity index (χ1n) is 9.70. The van der Waals surface area contributed by atoms with E-state index in [4.69, 9.17) is 16.3 Å². The van der Waals surface area contributed by atoms with E-state index in [1.54, 1.807) is 12.1 Å². The van der Waals surface area contributed by atoms with E-state index in [-0.39, 0.29) is 28.8 Å². The van der Waals surface area contributed by atoms with Crippen LogP contribution in [0.2, 0.25) is 5.02 Å². The molecule has 0 spiro atoms. The van der Waals surface area contributed by atoms with Crippen molar-refractivity contribution >= 4 is 27.5 Å². The van der Waals surface area contributed by atoms with Crippen LogP contribution in [0.1, 0.15) is 17.5 Å². The van der Waals surface area contributed by atoms with E-state index in [9.17, 15) is 13.2 Å². The molecular weight excluding hydrogens is 436 g/mol. The molecule has 3 aromatic rings. The van der Waals surface area contributed by atoms with Gasteiger partial charge >= 0.3 is 0 Å². The molecule has 0 atom stereocenters. The highest BCUT2D eigenvalue weighted by Gasteiger charge is 2.17. The summed E-state index contributed by atoms with van der Waals surface area (Å²) in [5.74, 6) is 0.535. The van der Waals surface area contributed by atoms with Crippen molar-refractivity contribution in [3.63, 3.8) is 0 Å². The molecular formula is C23H23ClN2O4S. The minimum absolute atomic E-state index is 0.00777. The molecule has 0 heterocycles. The Balaban J connectivity index is 1.44. The molecule has 1 amide bonds. The molecule has 0 saturated carbocycles. The first-order chi connectivity index (χ1) is 14.9. The quantitative estimate of drug-likeness (QED) is 0.482. The van der Waals surface area contributed by atoms with E-state index in [1.165, 1.54) is 12.1 Å². The number of carbonyl (C=O) groups is 1. The lowest BCUT2D eigenvalue weighted by molar-refractivity contribution is -0.121. The van der Waals surface area contributed by atoms with E-state index in [1.807, 2.05) is 54.6 Å². The van der Waals surface area contributed by atoms with Gasteiger partial charge in [-0.05, 0) is 35.4 Å². The van der Waals surface area contributed by atoms with Crippen LogP contribution in [0.4, 0.5) is 0 Å². The summed E-state index contributed by atoms with van der Waals surface area (Å²) in [7, 11) is -3.76. The van der Waals surface area contributed by atoms with Gasteiger partial charge in [-0.1, -0.05) is 66.2 Å². The average Bonchev–Trinajstić information content (AvgIpc) is 2.77. The van der Waals surface area contributed by atoms with Gasteiger partial charge in [0.25, 0.3) is 0 Å². The SMILES string of the molecule is O=C(CCNS(=O)(=O)c1ccccc1Cl)NCc1cccc(COc2ccccc2)c1. The topological polar surface area (TPSA) is 84.5 Å². The van der Waals surface area contributed by atoms with Crippen LogP contribution in [0, 0.1) is 0 Å². The minimum atomic E-state index is -3.76.